The van der Waals surface area contributed by atoms with E-state index in [1.165, 1.54) is 77.0 Å². The maximum atomic E-state index is 12.9. The van der Waals surface area contributed by atoms with Crippen LogP contribution in [0.2, 0.25) is 0 Å². The maximum absolute atomic E-state index is 12.9. The Morgan fingerprint density at radius 1 is 0.488 bits per heavy atom. The number of hydrogen-bond donors (Lipinski definition) is 0. The average molecular weight is 607 g/mol. The van der Waals surface area contributed by atoms with E-state index in [0.29, 0.717) is 50.5 Å². The summed E-state index contributed by atoms with van der Waals surface area (Å²) in [5.74, 6) is -1.40. The molecule has 0 N–H and O–H groups in total. The molecule has 0 radical (unpaired) electrons. The van der Waals surface area contributed by atoms with Crippen molar-refractivity contribution in [1.82, 2.24) is 0 Å². The number of esters is 2. The van der Waals surface area contributed by atoms with Crippen LogP contribution in [0.4, 0.5) is 0 Å². The Kier molecular flexibility index (Phi) is 15.6. The molecule has 4 rings (SSSR count). The highest BCUT2D eigenvalue weighted by Crippen LogP contribution is 2.44. The van der Waals surface area contributed by atoms with E-state index >= 15 is 0 Å². The molecule has 8 unspecified atom stereocenters. The van der Waals surface area contributed by atoms with Crippen LogP contribution in [0.3, 0.4) is 0 Å². The lowest BCUT2D eigenvalue weighted by Crippen LogP contribution is -2.37. The summed E-state index contributed by atoms with van der Waals surface area (Å²) in [5.41, 5.74) is 0. The first kappa shape index (κ1) is 34.7. The molecule has 7 nitrogen and oxygen atoms in total. The SMILES string of the molecule is CCCCCCCC1OC1CCCCCOC(=O)C1CC2OC2CC1C(=O)OCCCCCC1OC1CCCCCCC. The molecule has 43 heavy (non-hydrogen) atoms. The lowest BCUT2D eigenvalue weighted by atomic mass is 9.79. The highest BCUT2D eigenvalue weighted by atomic mass is 16.6. The van der Waals surface area contributed by atoms with Gasteiger partial charge in [0, 0.05) is 0 Å². The molecule has 0 bridgehead atoms. The third kappa shape index (κ3) is 13.0. The molecular formula is C36H62O7. The Balaban J connectivity index is 0.991. The summed E-state index contributed by atoms with van der Waals surface area (Å²) >= 11 is 0. The molecule has 0 amide bonds. The summed E-state index contributed by atoms with van der Waals surface area (Å²) in [4.78, 5) is 25.9. The monoisotopic (exact) mass is 606 g/mol. The van der Waals surface area contributed by atoms with Crippen LogP contribution in [-0.4, -0.2) is 61.8 Å². The Labute approximate surface area is 261 Å². The summed E-state index contributed by atoms with van der Waals surface area (Å²) in [7, 11) is 0. The zero-order valence-corrected chi connectivity index (χ0v) is 27.4. The molecule has 7 heteroatoms. The highest BCUT2D eigenvalue weighted by molar-refractivity contribution is 5.82. The molecule has 0 aromatic rings. The van der Waals surface area contributed by atoms with Gasteiger partial charge in [-0.05, 0) is 64.2 Å². The van der Waals surface area contributed by atoms with Gasteiger partial charge in [0.25, 0.3) is 0 Å². The number of carbonyl (C=O) groups is 2. The number of carbonyl (C=O) groups excluding carboxylic acids is 2. The molecule has 3 heterocycles. The number of rotatable bonds is 26. The lowest BCUT2D eigenvalue weighted by molar-refractivity contribution is -0.162. The predicted molar refractivity (Wildman–Crippen MR) is 168 cm³/mol. The van der Waals surface area contributed by atoms with Crippen molar-refractivity contribution < 1.29 is 33.3 Å². The second-order valence-corrected chi connectivity index (χ2v) is 13.8. The van der Waals surface area contributed by atoms with Gasteiger partial charge >= 0.3 is 11.9 Å². The normalized spacial score (nSPS) is 30.5. The molecular weight excluding hydrogens is 544 g/mol. The fraction of sp³-hybridized carbons (Fsp3) is 0.944. The molecule has 248 valence electrons. The summed E-state index contributed by atoms with van der Waals surface area (Å²) in [6.07, 6.45) is 27.0. The molecule has 0 aromatic carbocycles. The van der Waals surface area contributed by atoms with Crippen LogP contribution < -0.4 is 0 Å². The predicted octanol–water partition coefficient (Wildman–Crippen LogP) is 8.24. The summed E-state index contributed by atoms with van der Waals surface area (Å²) in [6.45, 7) is 5.34. The van der Waals surface area contributed by atoms with Crippen LogP contribution in [0.5, 0.6) is 0 Å². The van der Waals surface area contributed by atoms with Gasteiger partial charge in [-0.2, -0.15) is 0 Å². The smallest absolute Gasteiger partial charge is 0.309 e. The van der Waals surface area contributed by atoms with Gasteiger partial charge in [0.05, 0.1) is 61.7 Å². The minimum atomic E-state index is -0.444. The minimum absolute atomic E-state index is 0.101. The van der Waals surface area contributed by atoms with Gasteiger partial charge in [-0.3, -0.25) is 9.59 Å². The van der Waals surface area contributed by atoms with E-state index in [0.717, 1.165) is 51.4 Å². The molecule has 0 spiro atoms. The first-order chi connectivity index (χ1) is 21.1. The summed E-state index contributed by atoms with van der Waals surface area (Å²) < 4.78 is 28.6. The van der Waals surface area contributed by atoms with Crippen molar-refractivity contribution in [2.75, 3.05) is 13.2 Å². The second-order valence-electron chi connectivity index (χ2n) is 13.8. The van der Waals surface area contributed by atoms with Crippen LogP contribution in [-0.2, 0) is 33.3 Å². The standard InChI is InChI=1S/C36H62O7/c1-3-5-7-9-13-19-29-31(41-29)21-15-11-17-23-39-35(37)27-25-33-34(43-33)26-28(27)36(38)40-24-18-12-16-22-32-30(42-32)20-14-10-8-6-4-2/h27-34H,3-26H2,1-2H3. The largest absolute Gasteiger partial charge is 0.465 e. The van der Waals surface area contributed by atoms with Crippen molar-refractivity contribution in [2.24, 2.45) is 11.8 Å². The summed E-state index contributed by atoms with van der Waals surface area (Å²) in [6, 6.07) is 0. The molecule has 3 aliphatic heterocycles. The van der Waals surface area contributed by atoms with Gasteiger partial charge < -0.3 is 23.7 Å². The van der Waals surface area contributed by atoms with E-state index in [1.807, 2.05) is 0 Å². The number of epoxide rings is 3. The van der Waals surface area contributed by atoms with Crippen molar-refractivity contribution in [3.05, 3.63) is 0 Å². The van der Waals surface area contributed by atoms with Crippen molar-refractivity contribution in [1.29, 1.82) is 0 Å². The van der Waals surface area contributed by atoms with Crippen LogP contribution >= 0.6 is 0 Å². The molecule has 0 aromatic heterocycles. The molecule has 1 aliphatic carbocycles. The van der Waals surface area contributed by atoms with E-state index in [4.69, 9.17) is 23.7 Å². The third-order valence-electron chi connectivity index (χ3n) is 10.1. The molecule has 4 fully saturated rings. The van der Waals surface area contributed by atoms with Gasteiger partial charge in [-0.15, -0.1) is 0 Å². The number of fused-ring (bicyclic) bond motifs is 1. The van der Waals surface area contributed by atoms with E-state index in [9.17, 15) is 9.59 Å². The quantitative estimate of drug-likeness (QED) is 0.0556. The van der Waals surface area contributed by atoms with Gasteiger partial charge in [-0.1, -0.05) is 90.9 Å². The topological polar surface area (TPSA) is 90.2 Å². The number of ether oxygens (including phenoxy) is 5. The van der Waals surface area contributed by atoms with Crippen molar-refractivity contribution in [3.63, 3.8) is 0 Å². The van der Waals surface area contributed by atoms with E-state index in [1.54, 1.807) is 0 Å². The van der Waals surface area contributed by atoms with E-state index < -0.39 is 11.8 Å². The Morgan fingerprint density at radius 3 is 1.21 bits per heavy atom. The minimum Gasteiger partial charge on any atom is -0.465 e. The Morgan fingerprint density at radius 2 is 0.837 bits per heavy atom. The number of hydrogen-bond acceptors (Lipinski definition) is 7. The van der Waals surface area contributed by atoms with Crippen LogP contribution in [0.15, 0.2) is 0 Å². The summed E-state index contributed by atoms with van der Waals surface area (Å²) in [5, 5.41) is 0. The van der Waals surface area contributed by atoms with Gasteiger partial charge in [-0.25, -0.2) is 0 Å². The molecule has 8 atom stereocenters. The fourth-order valence-electron chi connectivity index (χ4n) is 7.02. The van der Waals surface area contributed by atoms with Crippen molar-refractivity contribution in [3.8, 4) is 0 Å². The molecule has 3 saturated heterocycles. The molecule has 4 aliphatic rings. The Bertz CT molecular complexity index is 738. The van der Waals surface area contributed by atoms with Crippen LogP contribution in [0.1, 0.15) is 155 Å². The average Bonchev–Trinajstić information content (AvgIpc) is 3.92. The molecule has 1 saturated carbocycles. The first-order valence-corrected chi connectivity index (χ1v) is 18.4. The maximum Gasteiger partial charge on any atom is 0.309 e. The Hall–Kier alpha value is -1.18. The van der Waals surface area contributed by atoms with Gasteiger partial charge in [0.2, 0.25) is 0 Å². The highest BCUT2D eigenvalue weighted by Gasteiger charge is 2.53. The zero-order valence-electron chi connectivity index (χ0n) is 27.4. The lowest BCUT2D eigenvalue weighted by Gasteiger charge is -2.26. The third-order valence-corrected chi connectivity index (χ3v) is 10.1. The zero-order chi connectivity index (χ0) is 30.3. The first-order valence-electron chi connectivity index (χ1n) is 18.4. The van der Waals surface area contributed by atoms with E-state index in [-0.39, 0.29) is 24.1 Å². The van der Waals surface area contributed by atoms with E-state index in [2.05, 4.69) is 13.8 Å². The van der Waals surface area contributed by atoms with Gasteiger partial charge in [0.15, 0.2) is 0 Å². The van der Waals surface area contributed by atoms with Crippen molar-refractivity contribution in [2.45, 2.75) is 192 Å². The van der Waals surface area contributed by atoms with Gasteiger partial charge in [0.1, 0.15) is 0 Å². The number of unbranched alkanes of at least 4 members (excludes halogenated alkanes) is 12. The van der Waals surface area contributed by atoms with Crippen molar-refractivity contribution >= 4 is 11.9 Å². The fourth-order valence-corrected chi connectivity index (χ4v) is 7.02. The van der Waals surface area contributed by atoms with Crippen LogP contribution in [0.25, 0.3) is 0 Å². The van der Waals surface area contributed by atoms with Crippen LogP contribution in [0, 0.1) is 11.8 Å². The second kappa shape index (κ2) is 19.4.